The van der Waals surface area contributed by atoms with Gasteiger partial charge in [-0.05, 0) is 84.4 Å². The van der Waals surface area contributed by atoms with E-state index < -0.39 is 11.7 Å². The summed E-state index contributed by atoms with van der Waals surface area (Å²) in [5.74, 6) is 2.06. The number of ether oxygens (including phenoxy) is 5. The maximum atomic E-state index is 13.7. The maximum Gasteiger partial charge on any atom is 0.302 e. The van der Waals surface area contributed by atoms with Crippen molar-refractivity contribution in [3.05, 3.63) is 95.6 Å². The molecule has 2 saturated heterocycles. The summed E-state index contributed by atoms with van der Waals surface area (Å²) in [6.45, 7) is 8.39. The van der Waals surface area contributed by atoms with E-state index in [4.69, 9.17) is 23.7 Å². The van der Waals surface area contributed by atoms with Crippen LogP contribution < -0.4 is 9.47 Å². The molecule has 2 heterocycles. The second kappa shape index (κ2) is 23.0. The summed E-state index contributed by atoms with van der Waals surface area (Å²) >= 11 is 0. The van der Waals surface area contributed by atoms with Gasteiger partial charge in [-0.1, -0.05) is 88.2 Å². The number of aliphatic hydroxyl groups excluding tert-OH is 1. The predicted molar refractivity (Wildman–Crippen MR) is 233 cm³/mol. The van der Waals surface area contributed by atoms with Crippen LogP contribution in [0.15, 0.2) is 78.9 Å². The molecule has 0 aromatic heterocycles. The van der Waals surface area contributed by atoms with Crippen molar-refractivity contribution in [1.29, 1.82) is 0 Å². The van der Waals surface area contributed by atoms with Crippen LogP contribution in [-0.4, -0.2) is 91.8 Å². The molecule has 332 valence electrons. The molecule has 3 aromatic rings. The Morgan fingerprint density at radius 3 is 1.80 bits per heavy atom. The molecule has 2 fully saturated rings. The number of β-amino-alcohol motifs (C(OH)–C–C–N with tert-alkyl or cyclic N) is 1. The molecule has 1 amide bonds. The molecule has 0 spiro atoms. The largest absolute Gasteiger partial charge is 0.497 e. The Morgan fingerprint density at radius 2 is 1.21 bits per heavy atom. The van der Waals surface area contributed by atoms with Gasteiger partial charge in [-0.2, -0.15) is 0 Å². The van der Waals surface area contributed by atoms with E-state index in [9.17, 15) is 24.3 Å². The number of rotatable bonds is 23. The van der Waals surface area contributed by atoms with Crippen molar-refractivity contribution in [2.45, 2.75) is 128 Å². The first-order valence-corrected chi connectivity index (χ1v) is 22.1. The van der Waals surface area contributed by atoms with E-state index in [1.165, 1.54) is 6.92 Å². The number of unbranched alkanes of at least 4 members (excludes halogenated alkanes) is 3. The highest BCUT2D eigenvalue weighted by Crippen LogP contribution is 2.42. The van der Waals surface area contributed by atoms with Crippen molar-refractivity contribution in [3.8, 4) is 11.5 Å². The third-order valence-corrected chi connectivity index (χ3v) is 12.9. The molecule has 0 saturated carbocycles. The fraction of sp³-hybridized carbons (Fsp3) is 0.560. The average molecular weight is 842 g/mol. The fourth-order valence-corrected chi connectivity index (χ4v) is 8.93. The highest BCUT2D eigenvalue weighted by molar-refractivity contribution is 5.81. The van der Waals surface area contributed by atoms with Gasteiger partial charge in [0.25, 0.3) is 0 Å². The summed E-state index contributed by atoms with van der Waals surface area (Å²) in [5, 5.41) is 10.8. The summed E-state index contributed by atoms with van der Waals surface area (Å²) in [6.07, 6.45) is 4.73. The van der Waals surface area contributed by atoms with Crippen molar-refractivity contribution in [1.82, 2.24) is 4.90 Å². The summed E-state index contributed by atoms with van der Waals surface area (Å²) < 4.78 is 29.5. The number of carbonyl (C=O) groups excluding carboxylic acids is 4. The smallest absolute Gasteiger partial charge is 0.302 e. The number of likely N-dealkylation sites (tertiary alicyclic amines) is 1. The quantitative estimate of drug-likeness (QED) is 0.0565. The normalized spacial score (nSPS) is 22.7. The zero-order chi connectivity index (χ0) is 43.9. The Kier molecular flexibility index (Phi) is 17.9. The van der Waals surface area contributed by atoms with Crippen molar-refractivity contribution in [3.63, 3.8) is 0 Å². The molecule has 0 aliphatic carbocycles. The number of Topliss-reactive ketones (excluding diaryl/α,β-unsaturated/α-hetero) is 2. The van der Waals surface area contributed by atoms with E-state index in [-0.39, 0.29) is 73.3 Å². The first kappa shape index (κ1) is 47.5. The Hall–Kier alpha value is -4.58. The van der Waals surface area contributed by atoms with Gasteiger partial charge in [0.1, 0.15) is 35.3 Å². The number of benzene rings is 3. The first-order valence-electron chi connectivity index (χ1n) is 22.1. The van der Waals surface area contributed by atoms with Crippen molar-refractivity contribution < 1.29 is 48.0 Å². The maximum absolute atomic E-state index is 13.7. The molecular weight excluding hydrogens is 775 g/mol. The minimum Gasteiger partial charge on any atom is -0.497 e. The van der Waals surface area contributed by atoms with Gasteiger partial charge >= 0.3 is 5.97 Å². The van der Waals surface area contributed by atoms with Crippen LogP contribution in [0.1, 0.15) is 115 Å². The van der Waals surface area contributed by atoms with Crippen LogP contribution >= 0.6 is 0 Å². The first-order chi connectivity index (χ1) is 29.4. The van der Waals surface area contributed by atoms with Gasteiger partial charge < -0.3 is 33.7 Å². The van der Waals surface area contributed by atoms with Gasteiger partial charge in [0, 0.05) is 45.6 Å². The molecule has 61 heavy (non-hydrogen) atoms. The number of methoxy groups -OCH3 is 2. The summed E-state index contributed by atoms with van der Waals surface area (Å²) in [7, 11) is 3.27. The van der Waals surface area contributed by atoms with Gasteiger partial charge in [-0.3, -0.25) is 19.2 Å². The van der Waals surface area contributed by atoms with E-state index in [1.807, 2.05) is 78.9 Å². The number of hydrogen-bond donors (Lipinski definition) is 1. The lowest BCUT2D eigenvalue weighted by Gasteiger charge is -2.43. The van der Waals surface area contributed by atoms with Gasteiger partial charge in [-0.15, -0.1) is 0 Å². The zero-order valence-electron chi connectivity index (χ0n) is 37.0. The number of nitrogens with zero attached hydrogens (tertiary/aromatic N) is 1. The highest BCUT2D eigenvalue weighted by Gasteiger charge is 2.42. The third kappa shape index (κ3) is 12.7. The zero-order valence-corrected chi connectivity index (χ0v) is 37.0. The van der Waals surface area contributed by atoms with Crippen LogP contribution in [0.5, 0.6) is 11.5 Å². The van der Waals surface area contributed by atoms with E-state index in [1.54, 1.807) is 19.1 Å². The van der Waals surface area contributed by atoms with E-state index in [2.05, 4.69) is 20.8 Å². The molecular formula is C50H67NO10. The number of ketones is 2. The van der Waals surface area contributed by atoms with Gasteiger partial charge in [-0.25, -0.2) is 0 Å². The van der Waals surface area contributed by atoms with Crippen LogP contribution in [0.3, 0.4) is 0 Å². The molecule has 5 rings (SSSR count). The van der Waals surface area contributed by atoms with Crippen LogP contribution in [0.25, 0.3) is 0 Å². The fourth-order valence-electron chi connectivity index (χ4n) is 8.93. The van der Waals surface area contributed by atoms with Crippen molar-refractivity contribution in [2.75, 3.05) is 34.0 Å². The average Bonchev–Trinajstić information content (AvgIpc) is 3.65. The SMILES string of the molecule is COc1ccc(C(OC[C@@H]2C[C@@H](O)CN2C(=O)CCCCCCC(=O)CCCC(=O)CC2OC(COC(C)=O)C(C)C(C)C2C)(c2ccccc2)c2ccc(OC)cc2)cc1. The van der Waals surface area contributed by atoms with Gasteiger partial charge in [0.2, 0.25) is 5.91 Å². The minimum absolute atomic E-state index is 0.0120. The van der Waals surface area contributed by atoms with Gasteiger partial charge in [0.15, 0.2) is 0 Å². The monoisotopic (exact) mass is 841 g/mol. The van der Waals surface area contributed by atoms with Crippen LogP contribution in [-0.2, 0) is 39.0 Å². The molecule has 0 radical (unpaired) electrons. The lowest BCUT2D eigenvalue weighted by atomic mass is 9.75. The van der Waals surface area contributed by atoms with E-state index in [0.717, 1.165) is 47.5 Å². The van der Waals surface area contributed by atoms with Crippen LogP contribution in [0.4, 0.5) is 0 Å². The lowest BCUT2D eigenvalue weighted by molar-refractivity contribution is -0.171. The Bertz CT molecular complexity index is 1800. The molecule has 2 aliphatic heterocycles. The Labute approximate surface area is 362 Å². The van der Waals surface area contributed by atoms with Crippen molar-refractivity contribution >= 4 is 23.4 Å². The van der Waals surface area contributed by atoms with Gasteiger partial charge in [0.05, 0.1) is 45.2 Å². The van der Waals surface area contributed by atoms with Crippen LogP contribution in [0.2, 0.25) is 0 Å². The molecule has 5 unspecified atom stereocenters. The second-order valence-corrected chi connectivity index (χ2v) is 17.0. The summed E-state index contributed by atoms with van der Waals surface area (Å²) in [5.41, 5.74) is 1.68. The molecule has 7 atom stereocenters. The summed E-state index contributed by atoms with van der Waals surface area (Å²) in [6, 6.07) is 25.3. The molecule has 11 nitrogen and oxygen atoms in total. The molecule has 2 aliphatic rings. The molecule has 0 bridgehead atoms. The van der Waals surface area contributed by atoms with E-state index in [0.29, 0.717) is 57.3 Å². The number of hydrogen-bond acceptors (Lipinski definition) is 10. The standard InChI is InChI=1S/C50H67NO10/c1-34-35(2)47(61-48(36(34)3)33-59-37(4)52)30-43(54)19-14-18-42(53)17-12-7-8-13-20-49(56)51-31-44(55)29-41(51)32-60-50(38-15-10-9-11-16-38,39-21-25-45(57-5)26-22-39)40-23-27-46(58-6)28-24-40/h9-11,15-16,21-28,34-36,41,44,47-48,55H,7-8,12-14,17-20,29-33H2,1-6H3/t34?,35?,36?,41-,44+,47?,48?/m0/s1. The topological polar surface area (TPSA) is 138 Å². The second-order valence-electron chi connectivity index (χ2n) is 17.0. The van der Waals surface area contributed by atoms with E-state index >= 15 is 0 Å². The minimum atomic E-state index is -1.03. The van der Waals surface area contributed by atoms with Crippen molar-refractivity contribution in [2.24, 2.45) is 17.8 Å². The molecule has 11 heteroatoms. The predicted octanol–water partition coefficient (Wildman–Crippen LogP) is 8.25. The van der Waals surface area contributed by atoms with Crippen LogP contribution in [0, 0.1) is 17.8 Å². The Balaban J connectivity index is 1.08. The number of aliphatic hydroxyl groups is 1. The Morgan fingerprint density at radius 1 is 0.672 bits per heavy atom. The number of amides is 1. The summed E-state index contributed by atoms with van der Waals surface area (Å²) in [4.78, 5) is 52.3. The molecule has 1 N–H and O–H groups in total. The highest BCUT2D eigenvalue weighted by atomic mass is 16.6. The number of carbonyl (C=O) groups is 4. The third-order valence-electron chi connectivity index (χ3n) is 12.9. The molecule has 3 aromatic carbocycles. The lowest BCUT2D eigenvalue weighted by Crippen LogP contribution is -2.47. The number of esters is 1.